The van der Waals surface area contributed by atoms with E-state index in [1.54, 1.807) is 0 Å². The van der Waals surface area contributed by atoms with Crippen LogP contribution in [-0.4, -0.2) is 17.6 Å². The number of fused-ring (bicyclic) bond motifs is 1. The first-order valence-corrected chi connectivity index (χ1v) is 6.77. The van der Waals surface area contributed by atoms with Gasteiger partial charge in [-0.15, -0.1) is 0 Å². The third-order valence-corrected chi connectivity index (χ3v) is 3.24. The Kier molecular flexibility index (Phi) is 4.63. The molecule has 0 aliphatic rings. The second-order valence-corrected chi connectivity index (χ2v) is 5.11. The maximum absolute atomic E-state index is 8.41. The molecule has 2 rings (SSSR count). The van der Waals surface area contributed by atoms with E-state index in [9.17, 15) is 0 Å². The Morgan fingerprint density at radius 2 is 1.95 bits per heavy atom. The largest absolute Gasteiger partial charge is 0.494 e. The molecule has 0 radical (unpaired) electrons. The Morgan fingerprint density at radius 3 is 2.74 bits per heavy atom. The molecule has 0 heterocycles. The number of nitrogens with zero attached hydrogens (tertiary/aromatic N) is 1. The van der Waals surface area contributed by atoms with Crippen LogP contribution in [0.4, 0.5) is 0 Å². The van der Waals surface area contributed by atoms with Gasteiger partial charge in [0.15, 0.2) is 0 Å². The number of ether oxygens (including phenoxy) is 1. The average molecular weight is 323 g/mol. The highest BCUT2D eigenvalue weighted by Gasteiger charge is 1.99. The minimum Gasteiger partial charge on any atom is -0.494 e. The van der Waals surface area contributed by atoms with Crippen LogP contribution < -0.4 is 10.5 Å². The predicted octanol–water partition coefficient (Wildman–Crippen LogP) is 3.51. The van der Waals surface area contributed by atoms with Crippen molar-refractivity contribution >= 4 is 32.5 Å². The highest BCUT2D eigenvalue weighted by Crippen LogP contribution is 2.24. The van der Waals surface area contributed by atoms with E-state index in [1.807, 2.05) is 30.3 Å². The molecule has 0 bridgehead atoms. The average Bonchev–Trinajstić information content (AvgIpc) is 2.43. The number of oxime groups is 1. The standard InChI is InChI=1S/C14H15BrN2O2/c15-12-5-3-11-9-13(6-4-10(11)8-12)19-7-1-2-14(16)17-18/h3-6,8-9,18H,1-2,7H2,(H2,16,17). The third kappa shape index (κ3) is 3.86. The van der Waals surface area contributed by atoms with Gasteiger partial charge in [-0.05, 0) is 41.5 Å². The van der Waals surface area contributed by atoms with E-state index in [1.165, 1.54) is 5.39 Å². The van der Waals surface area contributed by atoms with E-state index >= 15 is 0 Å². The van der Waals surface area contributed by atoms with Crippen LogP contribution in [0, 0.1) is 0 Å². The summed E-state index contributed by atoms with van der Waals surface area (Å²) in [6.45, 7) is 0.540. The van der Waals surface area contributed by atoms with Crippen LogP contribution in [-0.2, 0) is 0 Å². The van der Waals surface area contributed by atoms with Gasteiger partial charge in [0.05, 0.1) is 6.61 Å². The highest BCUT2D eigenvalue weighted by molar-refractivity contribution is 9.10. The Labute approximate surface area is 120 Å². The molecule has 0 unspecified atom stereocenters. The Balaban J connectivity index is 1.96. The van der Waals surface area contributed by atoms with Crippen molar-refractivity contribution in [3.8, 4) is 5.75 Å². The molecule has 0 aliphatic carbocycles. The molecule has 0 atom stereocenters. The minimum absolute atomic E-state index is 0.229. The maximum Gasteiger partial charge on any atom is 0.139 e. The normalized spacial score (nSPS) is 11.7. The second kappa shape index (κ2) is 6.43. The van der Waals surface area contributed by atoms with E-state index < -0.39 is 0 Å². The van der Waals surface area contributed by atoms with Gasteiger partial charge in [0.1, 0.15) is 11.6 Å². The van der Waals surface area contributed by atoms with Gasteiger partial charge in [0.25, 0.3) is 0 Å². The van der Waals surface area contributed by atoms with Crippen LogP contribution >= 0.6 is 15.9 Å². The molecule has 0 aliphatic heterocycles. The van der Waals surface area contributed by atoms with Crippen molar-refractivity contribution in [2.45, 2.75) is 12.8 Å². The van der Waals surface area contributed by atoms with Gasteiger partial charge >= 0.3 is 0 Å². The Hall–Kier alpha value is -1.75. The van der Waals surface area contributed by atoms with Crippen molar-refractivity contribution in [1.29, 1.82) is 0 Å². The lowest BCUT2D eigenvalue weighted by Gasteiger charge is -2.07. The van der Waals surface area contributed by atoms with Crippen molar-refractivity contribution in [3.05, 3.63) is 40.9 Å². The number of rotatable bonds is 5. The fraction of sp³-hybridized carbons (Fsp3) is 0.214. The van der Waals surface area contributed by atoms with Gasteiger partial charge in [0.2, 0.25) is 0 Å². The molecule has 4 nitrogen and oxygen atoms in total. The molecule has 2 aromatic rings. The minimum atomic E-state index is 0.229. The fourth-order valence-corrected chi connectivity index (χ4v) is 2.16. The van der Waals surface area contributed by atoms with Crippen LogP contribution in [0.1, 0.15) is 12.8 Å². The lowest BCUT2D eigenvalue weighted by molar-refractivity contribution is 0.305. The van der Waals surface area contributed by atoms with Gasteiger partial charge in [0, 0.05) is 10.9 Å². The van der Waals surface area contributed by atoms with Crippen molar-refractivity contribution in [3.63, 3.8) is 0 Å². The first-order valence-electron chi connectivity index (χ1n) is 5.97. The van der Waals surface area contributed by atoms with Crippen LogP contribution in [0.3, 0.4) is 0 Å². The van der Waals surface area contributed by atoms with Crippen molar-refractivity contribution in [1.82, 2.24) is 0 Å². The summed E-state index contributed by atoms with van der Waals surface area (Å²) in [4.78, 5) is 0. The van der Waals surface area contributed by atoms with Gasteiger partial charge < -0.3 is 15.7 Å². The number of benzene rings is 2. The first-order chi connectivity index (χ1) is 9.19. The molecule has 5 heteroatoms. The summed E-state index contributed by atoms with van der Waals surface area (Å²) < 4.78 is 6.70. The molecule has 100 valence electrons. The molecule has 0 fully saturated rings. The Morgan fingerprint density at radius 1 is 1.21 bits per heavy atom. The smallest absolute Gasteiger partial charge is 0.139 e. The summed E-state index contributed by atoms with van der Waals surface area (Å²) in [6.07, 6.45) is 1.24. The maximum atomic E-state index is 8.41. The highest BCUT2D eigenvalue weighted by atomic mass is 79.9. The SMILES string of the molecule is N/C(CCCOc1ccc2cc(Br)ccc2c1)=N\O. The van der Waals surface area contributed by atoms with Gasteiger partial charge in [-0.25, -0.2) is 0 Å². The van der Waals surface area contributed by atoms with Gasteiger partial charge in [-0.2, -0.15) is 0 Å². The molecule has 0 saturated heterocycles. The van der Waals surface area contributed by atoms with E-state index in [0.29, 0.717) is 19.4 Å². The van der Waals surface area contributed by atoms with Crippen LogP contribution in [0.2, 0.25) is 0 Å². The summed E-state index contributed by atoms with van der Waals surface area (Å²) in [5, 5.41) is 13.6. The lowest BCUT2D eigenvalue weighted by Crippen LogP contribution is -2.12. The van der Waals surface area contributed by atoms with E-state index in [4.69, 9.17) is 15.7 Å². The molecule has 0 spiro atoms. The van der Waals surface area contributed by atoms with Crippen LogP contribution in [0.5, 0.6) is 5.75 Å². The molecule has 0 saturated carbocycles. The summed E-state index contributed by atoms with van der Waals surface area (Å²) in [5.41, 5.74) is 5.38. The van der Waals surface area contributed by atoms with Crippen molar-refractivity contribution in [2.24, 2.45) is 10.9 Å². The number of amidine groups is 1. The number of halogens is 1. The zero-order valence-corrected chi connectivity index (χ0v) is 11.9. The summed E-state index contributed by atoms with van der Waals surface area (Å²) in [7, 11) is 0. The fourth-order valence-electron chi connectivity index (χ4n) is 1.78. The van der Waals surface area contributed by atoms with E-state index in [2.05, 4.69) is 27.2 Å². The van der Waals surface area contributed by atoms with Gasteiger partial charge in [-0.1, -0.05) is 33.2 Å². The molecule has 3 N–H and O–H groups in total. The zero-order valence-electron chi connectivity index (χ0n) is 10.3. The second-order valence-electron chi connectivity index (χ2n) is 4.20. The zero-order chi connectivity index (χ0) is 13.7. The molecule has 0 aromatic heterocycles. The summed E-state index contributed by atoms with van der Waals surface area (Å²) in [5.74, 6) is 1.06. The third-order valence-electron chi connectivity index (χ3n) is 2.75. The lowest BCUT2D eigenvalue weighted by atomic mass is 10.1. The molecular formula is C14H15BrN2O2. The first kappa shape index (κ1) is 13.7. The number of hydrogen-bond acceptors (Lipinski definition) is 3. The monoisotopic (exact) mass is 322 g/mol. The van der Waals surface area contributed by atoms with Crippen LogP contribution in [0.15, 0.2) is 46.0 Å². The number of hydrogen-bond donors (Lipinski definition) is 2. The topological polar surface area (TPSA) is 67.8 Å². The number of nitrogens with two attached hydrogens (primary N) is 1. The molecular weight excluding hydrogens is 308 g/mol. The Bertz CT molecular complexity index is 599. The van der Waals surface area contributed by atoms with Gasteiger partial charge in [-0.3, -0.25) is 0 Å². The van der Waals surface area contributed by atoms with E-state index in [-0.39, 0.29) is 5.84 Å². The summed E-state index contributed by atoms with van der Waals surface area (Å²) in [6, 6.07) is 12.1. The predicted molar refractivity (Wildman–Crippen MR) is 79.8 cm³/mol. The van der Waals surface area contributed by atoms with Crippen LogP contribution in [0.25, 0.3) is 10.8 Å². The summed E-state index contributed by atoms with van der Waals surface area (Å²) >= 11 is 3.45. The van der Waals surface area contributed by atoms with Crippen molar-refractivity contribution in [2.75, 3.05) is 6.61 Å². The van der Waals surface area contributed by atoms with Crippen molar-refractivity contribution < 1.29 is 9.94 Å². The molecule has 0 amide bonds. The molecule has 2 aromatic carbocycles. The van der Waals surface area contributed by atoms with E-state index in [0.717, 1.165) is 15.6 Å². The molecule has 19 heavy (non-hydrogen) atoms. The quantitative estimate of drug-likeness (QED) is 0.291.